The lowest BCUT2D eigenvalue weighted by Crippen LogP contribution is -2.37. The van der Waals surface area contributed by atoms with Gasteiger partial charge in [-0.15, -0.1) is 0 Å². The second-order valence-electron chi connectivity index (χ2n) is 5.48. The molecule has 1 aliphatic rings. The minimum atomic E-state index is -0.806. The number of hydrogen-bond acceptors (Lipinski definition) is 4. The van der Waals surface area contributed by atoms with Gasteiger partial charge in [-0.25, -0.2) is 0 Å². The first kappa shape index (κ1) is 15.6. The topological polar surface area (TPSA) is 67.8 Å². The molecule has 1 saturated heterocycles. The van der Waals surface area contributed by atoms with Crippen molar-refractivity contribution in [1.82, 2.24) is 5.32 Å². The van der Waals surface area contributed by atoms with Crippen LogP contribution in [0.25, 0.3) is 0 Å². The summed E-state index contributed by atoms with van der Waals surface area (Å²) in [7, 11) is 1.59. The van der Waals surface area contributed by atoms with Gasteiger partial charge in [-0.2, -0.15) is 0 Å². The molecule has 0 amide bonds. The molecule has 5 nitrogen and oxygen atoms in total. The smallest absolute Gasteiger partial charge is 0.306 e. The van der Waals surface area contributed by atoms with Crippen molar-refractivity contribution in [1.29, 1.82) is 0 Å². The molecular formula is C16H23NO4. The average molecular weight is 293 g/mol. The minimum Gasteiger partial charge on any atom is -0.493 e. The molecule has 1 heterocycles. The molecule has 1 aliphatic heterocycles. The predicted octanol–water partition coefficient (Wildman–Crippen LogP) is 2.09. The summed E-state index contributed by atoms with van der Waals surface area (Å²) in [4.78, 5) is 11.0. The van der Waals surface area contributed by atoms with Gasteiger partial charge in [0.25, 0.3) is 0 Å². The van der Waals surface area contributed by atoms with Crippen LogP contribution in [0.1, 0.15) is 25.3 Å². The molecule has 0 radical (unpaired) electrons. The molecule has 0 saturated carbocycles. The summed E-state index contributed by atoms with van der Waals surface area (Å²) in [5.41, 5.74) is 0.869. The molecule has 0 bridgehead atoms. The van der Waals surface area contributed by atoms with Gasteiger partial charge in [-0.05, 0) is 37.4 Å². The van der Waals surface area contributed by atoms with E-state index in [1.54, 1.807) is 14.0 Å². The zero-order chi connectivity index (χ0) is 15.2. The number of nitrogens with one attached hydrogen (secondary N) is 1. The maximum Gasteiger partial charge on any atom is 0.306 e. The van der Waals surface area contributed by atoms with Crippen LogP contribution in [0.3, 0.4) is 0 Å². The van der Waals surface area contributed by atoms with Crippen molar-refractivity contribution in [3.05, 3.63) is 23.8 Å². The highest BCUT2D eigenvalue weighted by Gasteiger charge is 2.20. The van der Waals surface area contributed by atoms with Gasteiger partial charge in [-0.1, -0.05) is 19.1 Å². The van der Waals surface area contributed by atoms with Crippen molar-refractivity contribution >= 4 is 5.97 Å². The molecule has 2 N–H and O–H groups in total. The number of piperidine rings is 1. The molecule has 21 heavy (non-hydrogen) atoms. The molecule has 0 aliphatic carbocycles. The maximum atomic E-state index is 11.0. The molecule has 2 unspecified atom stereocenters. The third-order valence-electron chi connectivity index (χ3n) is 3.76. The number of aliphatic carboxylic acids is 1. The van der Waals surface area contributed by atoms with Crippen LogP contribution in [0.4, 0.5) is 0 Å². The molecule has 2 rings (SSSR count). The molecule has 1 fully saturated rings. The number of ether oxygens (including phenoxy) is 2. The Hall–Kier alpha value is -1.75. The summed E-state index contributed by atoms with van der Waals surface area (Å²) in [6, 6.07) is 5.66. The summed E-state index contributed by atoms with van der Waals surface area (Å²) >= 11 is 0. The first-order chi connectivity index (χ1) is 10.1. The standard InChI is InChI=1S/C16H23NO4/c1-11(16(18)19)9-12-5-3-7-14(15(12)20-2)21-13-6-4-8-17-10-13/h3,5,7,11,13,17H,4,6,8-10H2,1-2H3,(H,18,19). The highest BCUT2D eigenvalue weighted by molar-refractivity contribution is 5.70. The number of hydrogen-bond donors (Lipinski definition) is 2. The number of methoxy groups -OCH3 is 1. The zero-order valence-corrected chi connectivity index (χ0v) is 12.6. The zero-order valence-electron chi connectivity index (χ0n) is 12.6. The Bertz CT molecular complexity index is 483. The third kappa shape index (κ3) is 4.11. The van der Waals surface area contributed by atoms with Crippen LogP contribution in [0, 0.1) is 5.92 Å². The van der Waals surface area contributed by atoms with Crippen molar-refractivity contribution in [3.8, 4) is 11.5 Å². The normalized spacial score (nSPS) is 19.8. The molecule has 1 aromatic carbocycles. The van der Waals surface area contributed by atoms with E-state index in [9.17, 15) is 4.79 Å². The fraction of sp³-hybridized carbons (Fsp3) is 0.562. The first-order valence-corrected chi connectivity index (χ1v) is 7.38. The average Bonchev–Trinajstić information content (AvgIpc) is 2.48. The van der Waals surface area contributed by atoms with E-state index in [0.29, 0.717) is 17.9 Å². The monoisotopic (exact) mass is 293 g/mol. The van der Waals surface area contributed by atoms with Gasteiger partial charge in [0.1, 0.15) is 6.10 Å². The lowest BCUT2D eigenvalue weighted by Gasteiger charge is -2.25. The van der Waals surface area contributed by atoms with E-state index in [4.69, 9.17) is 14.6 Å². The Morgan fingerprint density at radius 1 is 1.52 bits per heavy atom. The van der Waals surface area contributed by atoms with Gasteiger partial charge in [0.05, 0.1) is 13.0 Å². The van der Waals surface area contributed by atoms with Crippen molar-refractivity contribution in [2.24, 2.45) is 5.92 Å². The molecule has 116 valence electrons. The molecule has 0 aromatic heterocycles. The maximum absolute atomic E-state index is 11.0. The molecule has 0 spiro atoms. The van der Waals surface area contributed by atoms with E-state index >= 15 is 0 Å². The molecule has 1 aromatic rings. The van der Waals surface area contributed by atoms with Crippen molar-refractivity contribution < 1.29 is 19.4 Å². The van der Waals surface area contributed by atoms with Crippen molar-refractivity contribution in [2.75, 3.05) is 20.2 Å². The van der Waals surface area contributed by atoms with Crippen LogP contribution in [-0.2, 0) is 11.2 Å². The highest BCUT2D eigenvalue weighted by atomic mass is 16.5. The number of carbonyl (C=O) groups is 1. The quantitative estimate of drug-likeness (QED) is 0.840. The van der Waals surface area contributed by atoms with E-state index in [1.807, 2.05) is 18.2 Å². The lowest BCUT2D eigenvalue weighted by atomic mass is 10.00. The second-order valence-corrected chi connectivity index (χ2v) is 5.48. The van der Waals surface area contributed by atoms with E-state index < -0.39 is 11.9 Å². The van der Waals surface area contributed by atoms with Gasteiger partial charge in [0, 0.05) is 6.54 Å². The number of carboxylic acids is 1. The van der Waals surface area contributed by atoms with Gasteiger partial charge < -0.3 is 19.9 Å². The van der Waals surface area contributed by atoms with E-state index in [1.165, 1.54) is 0 Å². The Kier molecular flexibility index (Phi) is 5.44. The van der Waals surface area contributed by atoms with Crippen LogP contribution in [0.15, 0.2) is 18.2 Å². The van der Waals surface area contributed by atoms with Crippen LogP contribution in [0.5, 0.6) is 11.5 Å². The van der Waals surface area contributed by atoms with Gasteiger partial charge in [0.2, 0.25) is 0 Å². The van der Waals surface area contributed by atoms with Crippen LogP contribution in [0.2, 0.25) is 0 Å². The van der Waals surface area contributed by atoms with Crippen LogP contribution < -0.4 is 14.8 Å². The second kappa shape index (κ2) is 7.31. The Balaban J connectivity index is 2.15. The lowest BCUT2D eigenvalue weighted by molar-refractivity contribution is -0.141. The fourth-order valence-electron chi connectivity index (χ4n) is 2.56. The largest absolute Gasteiger partial charge is 0.493 e. The van der Waals surface area contributed by atoms with Crippen LogP contribution >= 0.6 is 0 Å². The Labute approximate surface area is 125 Å². The highest BCUT2D eigenvalue weighted by Crippen LogP contribution is 2.33. The van der Waals surface area contributed by atoms with Gasteiger partial charge in [-0.3, -0.25) is 4.79 Å². The van der Waals surface area contributed by atoms with Crippen molar-refractivity contribution in [3.63, 3.8) is 0 Å². The molecule has 5 heteroatoms. The summed E-state index contributed by atoms with van der Waals surface area (Å²) in [6.45, 7) is 3.56. The Morgan fingerprint density at radius 2 is 2.33 bits per heavy atom. The van der Waals surface area contributed by atoms with Crippen LogP contribution in [-0.4, -0.2) is 37.4 Å². The number of carboxylic acid groups (broad SMARTS) is 1. The number of benzene rings is 1. The SMILES string of the molecule is COc1c(CC(C)C(=O)O)cccc1OC1CCCNC1. The van der Waals surface area contributed by atoms with Crippen molar-refractivity contribution in [2.45, 2.75) is 32.3 Å². The summed E-state index contributed by atoms with van der Waals surface area (Å²) < 4.78 is 11.5. The summed E-state index contributed by atoms with van der Waals surface area (Å²) in [5.74, 6) is 0.0859. The van der Waals surface area contributed by atoms with E-state index in [2.05, 4.69) is 5.32 Å². The molecule has 2 atom stereocenters. The number of para-hydroxylation sites is 1. The van der Waals surface area contributed by atoms with E-state index in [-0.39, 0.29) is 6.10 Å². The number of rotatable bonds is 6. The van der Waals surface area contributed by atoms with Gasteiger partial charge >= 0.3 is 5.97 Å². The minimum absolute atomic E-state index is 0.139. The summed E-state index contributed by atoms with van der Waals surface area (Å²) in [6.07, 6.45) is 2.69. The summed E-state index contributed by atoms with van der Waals surface area (Å²) in [5, 5.41) is 12.4. The first-order valence-electron chi connectivity index (χ1n) is 7.38. The fourth-order valence-corrected chi connectivity index (χ4v) is 2.56. The third-order valence-corrected chi connectivity index (χ3v) is 3.76. The predicted molar refractivity (Wildman–Crippen MR) is 80.0 cm³/mol. The van der Waals surface area contributed by atoms with E-state index in [0.717, 1.165) is 31.5 Å². The van der Waals surface area contributed by atoms with Gasteiger partial charge in [0.15, 0.2) is 11.5 Å². The molecular weight excluding hydrogens is 270 g/mol. The Morgan fingerprint density at radius 3 is 2.95 bits per heavy atom.